The molecule has 0 saturated carbocycles. The van der Waals surface area contributed by atoms with Crippen molar-refractivity contribution in [2.45, 2.75) is 53.0 Å². The number of aromatic nitrogens is 2. The first-order valence-electron chi connectivity index (χ1n) is 8.15. The predicted octanol–water partition coefficient (Wildman–Crippen LogP) is 3.00. The van der Waals surface area contributed by atoms with Crippen molar-refractivity contribution in [2.24, 2.45) is 0 Å². The third-order valence-electron chi connectivity index (χ3n) is 3.89. The summed E-state index contributed by atoms with van der Waals surface area (Å²) in [5, 5.41) is 6.80. The molecular formula is C16H31N5. The number of nitrogens with zero attached hydrogens (tertiary/aromatic N) is 3. The molecule has 1 aromatic heterocycles. The molecule has 1 heterocycles. The van der Waals surface area contributed by atoms with E-state index in [1.54, 1.807) is 6.33 Å². The van der Waals surface area contributed by atoms with E-state index in [1.165, 1.54) is 12.0 Å². The van der Waals surface area contributed by atoms with E-state index in [1.807, 2.05) is 0 Å². The summed E-state index contributed by atoms with van der Waals surface area (Å²) in [6.45, 7) is 11.6. The summed E-state index contributed by atoms with van der Waals surface area (Å²) in [5.41, 5.74) is 1.20. The smallest absolute Gasteiger partial charge is 0.134 e. The molecule has 0 aliphatic carbocycles. The zero-order chi connectivity index (χ0) is 15.7. The monoisotopic (exact) mass is 293 g/mol. The van der Waals surface area contributed by atoms with Gasteiger partial charge in [-0.3, -0.25) is 0 Å². The van der Waals surface area contributed by atoms with Crippen molar-refractivity contribution in [1.82, 2.24) is 14.9 Å². The molecule has 0 bridgehead atoms. The third-order valence-corrected chi connectivity index (χ3v) is 3.89. The second-order valence-corrected chi connectivity index (χ2v) is 5.49. The van der Waals surface area contributed by atoms with E-state index < -0.39 is 0 Å². The minimum Gasteiger partial charge on any atom is -0.370 e. The Morgan fingerprint density at radius 1 is 1.14 bits per heavy atom. The minimum absolute atomic E-state index is 0.615. The molecule has 120 valence electrons. The van der Waals surface area contributed by atoms with Crippen molar-refractivity contribution in [3.05, 3.63) is 11.9 Å². The average molecular weight is 293 g/mol. The maximum absolute atomic E-state index is 4.42. The molecule has 0 aromatic carbocycles. The maximum Gasteiger partial charge on any atom is 0.134 e. The van der Waals surface area contributed by atoms with E-state index in [4.69, 9.17) is 0 Å². The molecule has 1 aromatic rings. The molecule has 0 amide bonds. The molecule has 0 radical (unpaired) electrons. The quantitative estimate of drug-likeness (QED) is 0.694. The Morgan fingerprint density at radius 3 is 2.38 bits per heavy atom. The van der Waals surface area contributed by atoms with Crippen LogP contribution < -0.4 is 10.6 Å². The van der Waals surface area contributed by atoms with Gasteiger partial charge in [0.15, 0.2) is 0 Å². The highest BCUT2D eigenvalue weighted by molar-refractivity contribution is 5.57. The van der Waals surface area contributed by atoms with E-state index in [9.17, 15) is 0 Å². The van der Waals surface area contributed by atoms with Gasteiger partial charge < -0.3 is 15.5 Å². The average Bonchev–Trinajstić information content (AvgIpc) is 2.49. The number of nitrogens with one attached hydrogen (secondary N) is 2. The molecule has 1 atom stereocenters. The molecule has 0 aliphatic rings. The Kier molecular flexibility index (Phi) is 8.05. The van der Waals surface area contributed by atoms with Gasteiger partial charge in [-0.2, -0.15) is 0 Å². The van der Waals surface area contributed by atoms with Crippen molar-refractivity contribution in [3.63, 3.8) is 0 Å². The van der Waals surface area contributed by atoms with Crippen LogP contribution in [0.3, 0.4) is 0 Å². The van der Waals surface area contributed by atoms with Crippen molar-refractivity contribution in [1.29, 1.82) is 0 Å². The largest absolute Gasteiger partial charge is 0.370 e. The van der Waals surface area contributed by atoms with Crippen LogP contribution in [0, 0.1) is 0 Å². The van der Waals surface area contributed by atoms with Crippen LogP contribution in [0.1, 0.15) is 46.1 Å². The van der Waals surface area contributed by atoms with Crippen LogP contribution in [0.5, 0.6) is 0 Å². The van der Waals surface area contributed by atoms with Gasteiger partial charge >= 0.3 is 0 Å². The van der Waals surface area contributed by atoms with Gasteiger partial charge in [0.25, 0.3) is 0 Å². The summed E-state index contributed by atoms with van der Waals surface area (Å²) in [5.74, 6) is 1.94. The van der Waals surface area contributed by atoms with Crippen molar-refractivity contribution in [2.75, 3.05) is 37.3 Å². The lowest BCUT2D eigenvalue weighted by molar-refractivity contribution is 0.261. The van der Waals surface area contributed by atoms with Gasteiger partial charge in [-0.25, -0.2) is 9.97 Å². The Hall–Kier alpha value is -1.36. The SMILES string of the molecule is CCCc1c(NCC)ncnc1NCCN(C)C(C)CC. The van der Waals surface area contributed by atoms with Crippen LogP contribution in [0.2, 0.25) is 0 Å². The molecule has 0 saturated heterocycles. The van der Waals surface area contributed by atoms with Gasteiger partial charge in [0, 0.05) is 31.2 Å². The van der Waals surface area contributed by atoms with Gasteiger partial charge in [0.2, 0.25) is 0 Å². The van der Waals surface area contributed by atoms with Crippen LogP contribution in [0.15, 0.2) is 6.33 Å². The predicted molar refractivity (Wildman–Crippen MR) is 91.1 cm³/mol. The Balaban J connectivity index is 2.67. The summed E-state index contributed by atoms with van der Waals surface area (Å²) in [7, 11) is 2.17. The Labute approximate surface area is 129 Å². The summed E-state index contributed by atoms with van der Waals surface area (Å²) in [6.07, 6.45) is 4.90. The molecule has 1 rings (SSSR count). The van der Waals surface area contributed by atoms with E-state index >= 15 is 0 Å². The fourth-order valence-electron chi connectivity index (χ4n) is 2.25. The molecule has 0 fully saturated rings. The number of hydrogen-bond acceptors (Lipinski definition) is 5. The number of likely N-dealkylation sites (N-methyl/N-ethyl adjacent to an activating group) is 1. The minimum atomic E-state index is 0.615. The first-order valence-corrected chi connectivity index (χ1v) is 8.15. The van der Waals surface area contributed by atoms with E-state index in [0.717, 1.165) is 44.1 Å². The first-order chi connectivity index (χ1) is 10.1. The van der Waals surface area contributed by atoms with Crippen molar-refractivity contribution >= 4 is 11.6 Å². The zero-order valence-electron chi connectivity index (χ0n) is 14.2. The van der Waals surface area contributed by atoms with Crippen LogP contribution >= 0.6 is 0 Å². The standard InChI is InChI=1S/C16H31N5/c1-6-9-14-15(17-8-3)19-12-20-16(14)18-10-11-21(5)13(4)7-2/h12-13H,6-11H2,1-5H3,(H2,17,18,19,20). The van der Waals surface area contributed by atoms with E-state index in [2.05, 4.69) is 60.2 Å². The molecule has 2 N–H and O–H groups in total. The first kappa shape index (κ1) is 17.7. The fourth-order valence-corrected chi connectivity index (χ4v) is 2.25. The second kappa shape index (κ2) is 9.55. The summed E-state index contributed by atoms with van der Waals surface area (Å²) in [6, 6.07) is 0.615. The summed E-state index contributed by atoms with van der Waals surface area (Å²) < 4.78 is 0. The molecule has 5 heteroatoms. The molecule has 5 nitrogen and oxygen atoms in total. The summed E-state index contributed by atoms with van der Waals surface area (Å²) >= 11 is 0. The molecular weight excluding hydrogens is 262 g/mol. The Bertz CT molecular complexity index is 408. The number of rotatable bonds is 10. The number of hydrogen-bond donors (Lipinski definition) is 2. The summed E-state index contributed by atoms with van der Waals surface area (Å²) in [4.78, 5) is 11.2. The van der Waals surface area contributed by atoms with Gasteiger partial charge in [0.05, 0.1) is 0 Å². The van der Waals surface area contributed by atoms with Crippen molar-refractivity contribution < 1.29 is 0 Å². The van der Waals surface area contributed by atoms with Gasteiger partial charge in [-0.1, -0.05) is 20.3 Å². The van der Waals surface area contributed by atoms with Crippen LogP contribution in [0.4, 0.5) is 11.6 Å². The Morgan fingerprint density at radius 2 is 1.81 bits per heavy atom. The number of anilines is 2. The van der Waals surface area contributed by atoms with E-state index in [0.29, 0.717) is 6.04 Å². The lowest BCUT2D eigenvalue weighted by atomic mass is 10.1. The highest BCUT2D eigenvalue weighted by atomic mass is 15.1. The topological polar surface area (TPSA) is 53.1 Å². The lowest BCUT2D eigenvalue weighted by Gasteiger charge is -2.24. The normalized spacial score (nSPS) is 12.5. The molecule has 21 heavy (non-hydrogen) atoms. The lowest BCUT2D eigenvalue weighted by Crippen LogP contribution is -2.33. The van der Waals surface area contributed by atoms with Crippen LogP contribution in [-0.2, 0) is 6.42 Å². The van der Waals surface area contributed by atoms with E-state index in [-0.39, 0.29) is 0 Å². The third kappa shape index (κ3) is 5.50. The highest BCUT2D eigenvalue weighted by Crippen LogP contribution is 2.21. The van der Waals surface area contributed by atoms with Gasteiger partial charge in [0.1, 0.15) is 18.0 Å². The molecule has 0 spiro atoms. The molecule has 0 aliphatic heterocycles. The molecule has 1 unspecified atom stereocenters. The van der Waals surface area contributed by atoms with Crippen LogP contribution in [-0.4, -0.2) is 47.6 Å². The maximum atomic E-state index is 4.42. The second-order valence-electron chi connectivity index (χ2n) is 5.49. The van der Waals surface area contributed by atoms with Crippen molar-refractivity contribution in [3.8, 4) is 0 Å². The van der Waals surface area contributed by atoms with Gasteiger partial charge in [-0.05, 0) is 33.7 Å². The fraction of sp³-hybridized carbons (Fsp3) is 0.750. The van der Waals surface area contributed by atoms with Gasteiger partial charge in [-0.15, -0.1) is 0 Å². The van der Waals surface area contributed by atoms with Crippen LogP contribution in [0.25, 0.3) is 0 Å². The highest BCUT2D eigenvalue weighted by Gasteiger charge is 2.11. The zero-order valence-corrected chi connectivity index (χ0v) is 14.2.